The molecule has 0 aliphatic rings. The monoisotopic (exact) mass is 301 g/mol. The van der Waals surface area contributed by atoms with Crippen molar-refractivity contribution in [2.45, 2.75) is 0 Å². The standard InChI is InChI=1S/C10H6Cl3N5/c11-5-1-3-6(4-2-5)17-18-7-8(12)15-10(13)16-9(7)14/h1-4H,(H2,14,15,16)/b18-17+. The second-order valence-electron chi connectivity index (χ2n) is 3.19. The molecular formula is C10H6Cl3N5. The summed E-state index contributed by atoms with van der Waals surface area (Å²) in [5.41, 5.74) is 6.39. The molecule has 5 nitrogen and oxygen atoms in total. The smallest absolute Gasteiger partial charge is 0.225 e. The van der Waals surface area contributed by atoms with Crippen LogP contribution in [0.5, 0.6) is 0 Å². The number of hydrogen-bond donors (Lipinski definition) is 1. The van der Waals surface area contributed by atoms with Crippen molar-refractivity contribution in [2.24, 2.45) is 10.2 Å². The molecule has 0 aliphatic carbocycles. The van der Waals surface area contributed by atoms with E-state index >= 15 is 0 Å². The number of nitrogens with zero attached hydrogens (tertiary/aromatic N) is 4. The van der Waals surface area contributed by atoms with Gasteiger partial charge in [0.2, 0.25) is 5.28 Å². The predicted molar refractivity (Wildman–Crippen MR) is 72.1 cm³/mol. The van der Waals surface area contributed by atoms with Crippen molar-refractivity contribution in [2.75, 3.05) is 5.73 Å². The molecule has 0 amide bonds. The highest BCUT2D eigenvalue weighted by atomic mass is 35.5. The molecule has 1 heterocycles. The molecule has 2 N–H and O–H groups in total. The summed E-state index contributed by atoms with van der Waals surface area (Å²) in [6.07, 6.45) is 0. The Morgan fingerprint density at radius 3 is 2.22 bits per heavy atom. The SMILES string of the molecule is Nc1nc(Cl)nc(Cl)c1/N=N/c1ccc(Cl)cc1. The molecule has 8 heteroatoms. The van der Waals surface area contributed by atoms with Gasteiger partial charge < -0.3 is 5.73 Å². The number of aromatic nitrogens is 2. The first-order chi connectivity index (χ1) is 8.56. The van der Waals surface area contributed by atoms with E-state index in [0.717, 1.165) is 0 Å². The Balaban J connectivity index is 2.31. The van der Waals surface area contributed by atoms with Gasteiger partial charge in [-0.05, 0) is 35.9 Å². The quantitative estimate of drug-likeness (QED) is 0.506. The van der Waals surface area contributed by atoms with Gasteiger partial charge in [-0.15, -0.1) is 5.11 Å². The Bertz CT molecular complexity index is 574. The second-order valence-corrected chi connectivity index (χ2v) is 4.33. The zero-order chi connectivity index (χ0) is 13.1. The first-order valence-electron chi connectivity index (χ1n) is 4.72. The van der Waals surface area contributed by atoms with Crippen LogP contribution in [0.3, 0.4) is 0 Å². The van der Waals surface area contributed by atoms with Crippen molar-refractivity contribution >= 4 is 52.0 Å². The Morgan fingerprint density at radius 2 is 1.61 bits per heavy atom. The third-order valence-corrected chi connectivity index (χ3v) is 2.62. The first kappa shape index (κ1) is 13.0. The van der Waals surface area contributed by atoms with Crippen LogP contribution < -0.4 is 5.73 Å². The van der Waals surface area contributed by atoms with Crippen LogP contribution in [-0.4, -0.2) is 9.97 Å². The number of hydrogen-bond acceptors (Lipinski definition) is 5. The zero-order valence-electron chi connectivity index (χ0n) is 8.81. The highest BCUT2D eigenvalue weighted by Gasteiger charge is 2.09. The van der Waals surface area contributed by atoms with E-state index in [1.165, 1.54) is 0 Å². The molecule has 92 valence electrons. The van der Waals surface area contributed by atoms with Crippen LogP contribution in [0.15, 0.2) is 34.5 Å². The van der Waals surface area contributed by atoms with Crippen LogP contribution in [0.2, 0.25) is 15.5 Å². The van der Waals surface area contributed by atoms with Gasteiger partial charge in [-0.2, -0.15) is 10.1 Å². The maximum absolute atomic E-state index is 5.84. The van der Waals surface area contributed by atoms with Gasteiger partial charge in [-0.3, -0.25) is 0 Å². The normalized spacial score (nSPS) is 11.1. The third-order valence-electron chi connectivity index (χ3n) is 1.93. The predicted octanol–water partition coefficient (Wildman–Crippen LogP) is 4.43. The number of nitrogens with two attached hydrogens (primary N) is 1. The summed E-state index contributed by atoms with van der Waals surface area (Å²) >= 11 is 17.2. The molecule has 0 atom stereocenters. The van der Waals surface area contributed by atoms with Crippen LogP contribution in [-0.2, 0) is 0 Å². The van der Waals surface area contributed by atoms with Crippen molar-refractivity contribution in [1.29, 1.82) is 0 Å². The number of rotatable bonds is 2. The average Bonchev–Trinajstić information content (AvgIpc) is 2.30. The molecule has 0 fully saturated rings. The Hall–Kier alpha value is -1.43. The molecule has 0 unspecified atom stereocenters. The van der Waals surface area contributed by atoms with Crippen LogP contribution in [0.25, 0.3) is 0 Å². The van der Waals surface area contributed by atoms with Gasteiger partial charge in [0.25, 0.3) is 0 Å². The van der Waals surface area contributed by atoms with E-state index in [4.69, 9.17) is 40.5 Å². The van der Waals surface area contributed by atoms with Crippen molar-refractivity contribution in [1.82, 2.24) is 9.97 Å². The fourth-order valence-electron chi connectivity index (χ4n) is 1.12. The largest absolute Gasteiger partial charge is 0.382 e. The molecule has 2 rings (SSSR count). The van der Waals surface area contributed by atoms with E-state index in [9.17, 15) is 0 Å². The van der Waals surface area contributed by atoms with E-state index in [2.05, 4.69) is 20.2 Å². The Morgan fingerprint density at radius 1 is 0.944 bits per heavy atom. The third kappa shape index (κ3) is 3.07. The van der Waals surface area contributed by atoms with Crippen molar-refractivity contribution in [3.05, 3.63) is 39.7 Å². The van der Waals surface area contributed by atoms with E-state index in [1.54, 1.807) is 24.3 Å². The highest BCUT2D eigenvalue weighted by molar-refractivity contribution is 6.34. The van der Waals surface area contributed by atoms with E-state index in [-0.39, 0.29) is 21.9 Å². The van der Waals surface area contributed by atoms with E-state index < -0.39 is 0 Å². The summed E-state index contributed by atoms with van der Waals surface area (Å²) in [6.45, 7) is 0. The minimum absolute atomic E-state index is 0.0389. The average molecular weight is 303 g/mol. The lowest BCUT2D eigenvalue weighted by Gasteiger charge is -2.00. The summed E-state index contributed by atoms with van der Waals surface area (Å²) in [5, 5.41) is 8.46. The van der Waals surface area contributed by atoms with Crippen molar-refractivity contribution in [3.8, 4) is 0 Å². The molecule has 1 aromatic carbocycles. The van der Waals surface area contributed by atoms with Crippen molar-refractivity contribution in [3.63, 3.8) is 0 Å². The van der Waals surface area contributed by atoms with Crippen LogP contribution >= 0.6 is 34.8 Å². The second kappa shape index (κ2) is 5.48. The molecule has 1 aromatic heterocycles. The molecule has 0 saturated carbocycles. The summed E-state index contributed by atoms with van der Waals surface area (Å²) < 4.78 is 0. The number of halogens is 3. The molecule has 0 aliphatic heterocycles. The molecule has 0 radical (unpaired) electrons. The fourth-order valence-corrected chi connectivity index (χ4v) is 1.68. The summed E-state index contributed by atoms with van der Waals surface area (Å²) in [5.74, 6) is 0.0673. The highest BCUT2D eigenvalue weighted by Crippen LogP contribution is 2.31. The van der Waals surface area contributed by atoms with Gasteiger partial charge in [0.15, 0.2) is 16.7 Å². The minimum Gasteiger partial charge on any atom is -0.382 e. The van der Waals surface area contributed by atoms with Gasteiger partial charge >= 0.3 is 0 Å². The van der Waals surface area contributed by atoms with Crippen LogP contribution in [0, 0.1) is 0 Å². The molecule has 18 heavy (non-hydrogen) atoms. The van der Waals surface area contributed by atoms with Gasteiger partial charge in [0, 0.05) is 5.02 Å². The fraction of sp³-hybridized carbons (Fsp3) is 0. The van der Waals surface area contributed by atoms with Crippen LogP contribution in [0.4, 0.5) is 17.2 Å². The first-order valence-corrected chi connectivity index (χ1v) is 5.85. The van der Waals surface area contributed by atoms with Gasteiger partial charge in [0.1, 0.15) is 0 Å². The number of anilines is 1. The van der Waals surface area contributed by atoms with Gasteiger partial charge in [0.05, 0.1) is 5.69 Å². The lowest BCUT2D eigenvalue weighted by Crippen LogP contribution is -1.93. The summed E-state index contributed by atoms with van der Waals surface area (Å²) in [7, 11) is 0. The number of benzene rings is 1. The Kier molecular flexibility index (Phi) is 3.96. The molecular weight excluding hydrogens is 297 g/mol. The molecule has 0 saturated heterocycles. The lowest BCUT2D eigenvalue weighted by atomic mass is 10.3. The number of azo groups is 1. The molecule has 0 bridgehead atoms. The van der Waals surface area contributed by atoms with E-state index in [0.29, 0.717) is 10.7 Å². The Labute approximate surface area is 118 Å². The van der Waals surface area contributed by atoms with Gasteiger partial charge in [-0.25, -0.2) is 4.98 Å². The van der Waals surface area contributed by atoms with E-state index in [1.807, 2.05) is 0 Å². The van der Waals surface area contributed by atoms with Gasteiger partial charge in [-0.1, -0.05) is 23.2 Å². The summed E-state index contributed by atoms with van der Waals surface area (Å²) in [6, 6.07) is 6.79. The topological polar surface area (TPSA) is 76.5 Å². The molecule has 0 spiro atoms. The zero-order valence-corrected chi connectivity index (χ0v) is 11.1. The lowest BCUT2D eigenvalue weighted by molar-refractivity contribution is 1.13. The minimum atomic E-state index is -0.0389. The number of nitrogen functional groups attached to an aromatic ring is 1. The molecule has 2 aromatic rings. The van der Waals surface area contributed by atoms with Crippen LogP contribution in [0.1, 0.15) is 0 Å². The maximum atomic E-state index is 5.84. The van der Waals surface area contributed by atoms with Crippen molar-refractivity contribution < 1.29 is 0 Å². The summed E-state index contributed by atoms with van der Waals surface area (Å²) in [4.78, 5) is 7.46. The maximum Gasteiger partial charge on any atom is 0.225 e.